The Kier molecular flexibility index (Phi) is 2.82. The zero-order valence-corrected chi connectivity index (χ0v) is 8.11. The van der Waals surface area contributed by atoms with E-state index >= 15 is 0 Å². The smallest absolute Gasteiger partial charge is 0.150 e. The van der Waals surface area contributed by atoms with Crippen LogP contribution in [0, 0.1) is 0 Å². The molecular formula is C12H14O2. The first-order valence-electron chi connectivity index (χ1n) is 5.10. The summed E-state index contributed by atoms with van der Waals surface area (Å²) >= 11 is 0. The van der Waals surface area contributed by atoms with Crippen LogP contribution >= 0.6 is 0 Å². The number of hydrogen-bond donors (Lipinski definition) is 0. The number of benzene rings is 1. The quantitative estimate of drug-likeness (QED) is 0.685. The van der Waals surface area contributed by atoms with E-state index in [1.165, 1.54) is 12.8 Å². The fraction of sp³-hybridized carbons (Fsp3) is 0.417. The molecule has 2 heteroatoms. The van der Waals surface area contributed by atoms with Gasteiger partial charge in [-0.2, -0.15) is 0 Å². The van der Waals surface area contributed by atoms with Gasteiger partial charge in [-0.15, -0.1) is 0 Å². The SMILES string of the molecule is O=Cc1ccc(OC2CCCC2)cc1. The molecule has 0 amide bonds. The van der Waals surface area contributed by atoms with Gasteiger partial charge in [-0.05, 0) is 49.9 Å². The molecule has 1 aliphatic rings. The van der Waals surface area contributed by atoms with Gasteiger partial charge in [0.1, 0.15) is 12.0 Å². The zero-order chi connectivity index (χ0) is 9.80. The molecule has 1 aliphatic carbocycles. The van der Waals surface area contributed by atoms with E-state index in [9.17, 15) is 4.79 Å². The first kappa shape index (κ1) is 9.25. The summed E-state index contributed by atoms with van der Waals surface area (Å²) in [6, 6.07) is 7.30. The van der Waals surface area contributed by atoms with Gasteiger partial charge in [-0.3, -0.25) is 4.79 Å². The summed E-state index contributed by atoms with van der Waals surface area (Å²) in [4.78, 5) is 10.4. The summed E-state index contributed by atoms with van der Waals surface area (Å²) in [5.74, 6) is 0.877. The number of rotatable bonds is 3. The van der Waals surface area contributed by atoms with Gasteiger partial charge < -0.3 is 4.74 Å². The molecule has 0 saturated heterocycles. The van der Waals surface area contributed by atoms with Crippen molar-refractivity contribution in [1.29, 1.82) is 0 Å². The molecule has 1 saturated carbocycles. The van der Waals surface area contributed by atoms with Gasteiger partial charge in [0, 0.05) is 5.56 Å². The summed E-state index contributed by atoms with van der Waals surface area (Å²) in [7, 11) is 0. The number of carbonyl (C=O) groups excluding carboxylic acids is 1. The van der Waals surface area contributed by atoms with Crippen LogP contribution in [0.2, 0.25) is 0 Å². The molecule has 14 heavy (non-hydrogen) atoms. The van der Waals surface area contributed by atoms with Crippen molar-refractivity contribution in [3.05, 3.63) is 29.8 Å². The average molecular weight is 190 g/mol. The van der Waals surface area contributed by atoms with Crippen LogP contribution in [0.5, 0.6) is 5.75 Å². The first-order valence-corrected chi connectivity index (χ1v) is 5.10. The molecule has 0 spiro atoms. The van der Waals surface area contributed by atoms with E-state index in [0.717, 1.165) is 24.9 Å². The summed E-state index contributed by atoms with van der Waals surface area (Å²) in [6.45, 7) is 0. The Morgan fingerprint density at radius 1 is 1.14 bits per heavy atom. The lowest BCUT2D eigenvalue weighted by Crippen LogP contribution is -2.10. The molecule has 1 aromatic carbocycles. The van der Waals surface area contributed by atoms with Crippen molar-refractivity contribution in [2.24, 2.45) is 0 Å². The van der Waals surface area contributed by atoms with Gasteiger partial charge in [0.15, 0.2) is 0 Å². The van der Waals surface area contributed by atoms with Gasteiger partial charge in [0.2, 0.25) is 0 Å². The third-order valence-corrected chi connectivity index (χ3v) is 2.62. The lowest BCUT2D eigenvalue weighted by atomic mass is 10.2. The third-order valence-electron chi connectivity index (χ3n) is 2.62. The van der Waals surface area contributed by atoms with Gasteiger partial charge in [0.05, 0.1) is 6.10 Å². The van der Waals surface area contributed by atoms with E-state index < -0.39 is 0 Å². The van der Waals surface area contributed by atoms with Crippen molar-refractivity contribution >= 4 is 6.29 Å². The molecule has 0 aliphatic heterocycles. The highest BCUT2D eigenvalue weighted by Gasteiger charge is 2.15. The lowest BCUT2D eigenvalue weighted by Gasteiger charge is -2.12. The Morgan fingerprint density at radius 2 is 1.79 bits per heavy atom. The lowest BCUT2D eigenvalue weighted by molar-refractivity contribution is 0.112. The highest BCUT2D eigenvalue weighted by molar-refractivity contribution is 5.74. The second kappa shape index (κ2) is 4.27. The van der Waals surface area contributed by atoms with Crippen LogP contribution in [-0.4, -0.2) is 12.4 Å². The number of hydrogen-bond acceptors (Lipinski definition) is 2. The van der Waals surface area contributed by atoms with E-state index in [1.807, 2.05) is 12.1 Å². The van der Waals surface area contributed by atoms with Crippen LogP contribution in [0.1, 0.15) is 36.0 Å². The summed E-state index contributed by atoms with van der Waals surface area (Å²) in [5, 5.41) is 0. The van der Waals surface area contributed by atoms with Crippen LogP contribution < -0.4 is 4.74 Å². The van der Waals surface area contributed by atoms with Crippen LogP contribution in [-0.2, 0) is 0 Å². The number of ether oxygens (including phenoxy) is 1. The van der Waals surface area contributed by atoms with Crippen LogP contribution in [0.15, 0.2) is 24.3 Å². The topological polar surface area (TPSA) is 26.3 Å². The molecule has 1 aromatic rings. The van der Waals surface area contributed by atoms with Crippen molar-refractivity contribution < 1.29 is 9.53 Å². The van der Waals surface area contributed by atoms with E-state index in [-0.39, 0.29) is 0 Å². The summed E-state index contributed by atoms with van der Waals surface area (Å²) < 4.78 is 5.76. The van der Waals surface area contributed by atoms with Crippen molar-refractivity contribution in [2.75, 3.05) is 0 Å². The van der Waals surface area contributed by atoms with Gasteiger partial charge in [-0.25, -0.2) is 0 Å². The van der Waals surface area contributed by atoms with Gasteiger partial charge in [0.25, 0.3) is 0 Å². The predicted molar refractivity (Wildman–Crippen MR) is 54.7 cm³/mol. The molecule has 0 N–H and O–H groups in total. The van der Waals surface area contributed by atoms with Crippen LogP contribution in [0.4, 0.5) is 0 Å². The Hall–Kier alpha value is -1.31. The largest absolute Gasteiger partial charge is 0.490 e. The Bertz CT molecular complexity index is 297. The second-order valence-corrected chi connectivity index (χ2v) is 3.71. The van der Waals surface area contributed by atoms with E-state index in [0.29, 0.717) is 11.7 Å². The predicted octanol–water partition coefficient (Wildman–Crippen LogP) is 2.82. The standard InChI is InChI=1S/C12H14O2/c13-9-10-5-7-12(8-6-10)14-11-3-1-2-4-11/h5-9,11H,1-4H2. The van der Waals surface area contributed by atoms with Crippen molar-refractivity contribution in [2.45, 2.75) is 31.8 Å². The zero-order valence-electron chi connectivity index (χ0n) is 8.11. The average Bonchev–Trinajstić information content (AvgIpc) is 2.72. The van der Waals surface area contributed by atoms with E-state index in [4.69, 9.17) is 4.74 Å². The summed E-state index contributed by atoms with van der Waals surface area (Å²) in [6.07, 6.45) is 6.11. The second-order valence-electron chi connectivity index (χ2n) is 3.71. The Balaban J connectivity index is 1.98. The minimum atomic E-state index is 0.386. The van der Waals surface area contributed by atoms with Gasteiger partial charge >= 0.3 is 0 Å². The normalized spacial score (nSPS) is 16.9. The molecule has 0 heterocycles. The van der Waals surface area contributed by atoms with E-state index in [2.05, 4.69) is 0 Å². The third kappa shape index (κ3) is 2.13. The molecule has 1 fully saturated rings. The molecule has 2 nitrogen and oxygen atoms in total. The minimum absolute atomic E-state index is 0.386. The first-order chi connectivity index (χ1) is 6.88. The fourth-order valence-electron chi connectivity index (χ4n) is 1.82. The minimum Gasteiger partial charge on any atom is -0.490 e. The van der Waals surface area contributed by atoms with Crippen LogP contribution in [0.25, 0.3) is 0 Å². The number of aldehydes is 1. The van der Waals surface area contributed by atoms with E-state index in [1.54, 1.807) is 12.1 Å². The van der Waals surface area contributed by atoms with Crippen LogP contribution in [0.3, 0.4) is 0 Å². The van der Waals surface area contributed by atoms with Crippen molar-refractivity contribution in [1.82, 2.24) is 0 Å². The fourth-order valence-corrected chi connectivity index (χ4v) is 1.82. The van der Waals surface area contributed by atoms with Crippen molar-refractivity contribution in [3.63, 3.8) is 0 Å². The Morgan fingerprint density at radius 3 is 2.36 bits per heavy atom. The maximum atomic E-state index is 10.4. The maximum Gasteiger partial charge on any atom is 0.150 e. The molecule has 0 radical (unpaired) electrons. The maximum absolute atomic E-state index is 10.4. The number of carbonyl (C=O) groups is 1. The Labute approximate surface area is 83.9 Å². The molecule has 2 rings (SSSR count). The highest BCUT2D eigenvalue weighted by Crippen LogP contribution is 2.23. The van der Waals surface area contributed by atoms with Crippen molar-refractivity contribution in [3.8, 4) is 5.75 Å². The molecular weight excluding hydrogens is 176 g/mol. The molecule has 0 unspecified atom stereocenters. The summed E-state index contributed by atoms with van der Waals surface area (Å²) in [5.41, 5.74) is 0.698. The molecule has 0 bridgehead atoms. The monoisotopic (exact) mass is 190 g/mol. The molecule has 0 atom stereocenters. The highest BCUT2D eigenvalue weighted by atomic mass is 16.5. The van der Waals surface area contributed by atoms with Gasteiger partial charge in [-0.1, -0.05) is 0 Å². The molecule has 0 aromatic heterocycles. The molecule has 74 valence electrons.